The molecule has 29 heavy (non-hydrogen) atoms. The molecular weight excluding hydrogens is 369 g/mol. The molecule has 0 bridgehead atoms. The summed E-state index contributed by atoms with van der Waals surface area (Å²) in [5, 5.41) is 4.10. The van der Waals surface area contributed by atoms with Crippen molar-refractivity contribution in [2.45, 2.75) is 0 Å². The molecule has 0 spiro atoms. The number of aromatic nitrogens is 2. The van der Waals surface area contributed by atoms with E-state index in [9.17, 15) is 0 Å². The molecule has 0 radical (unpaired) electrons. The Labute approximate surface area is 170 Å². The second-order valence-electron chi connectivity index (χ2n) is 6.07. The average molecular weight is 392 g/mol. The molecule has 0 amide bonds. The number of methoxy groups -OCH3 is 2. The van der Waals surface area contributed by atoms with Crippen LogP contribution in [0.2, 0.25) is 0 Å². The van der Waals surface area contributed by atoms with E-state index in [2.05, 4.69) is 21.2 Å². The Balaban J connectivity index is 1.96. The average Bonchev–Trinajstić information content (AvgIpc) is 2.75. The first kappa shape index (κ1) is 20.4. The molecule has 0 aliphatic heterocycles. The van der Waals surface area contributed by atoms with Crippen molar-refractivity contribution in [1.82, 2.24) is 9.97 Å². The van der Waals surface area contributed by atoms with Crippen molar-refractivity contribution in [2.75, 3.05) is 46.0 Å². The first-order valence-corrected chi connectivity index (χ1v) is 9.11. The highest BCUT2D eigenvalue weighted by Crippen LogP contribution is 2.35. The number of hydrogen-bond acceptors (Lipinski definition) is 7. The molecule has 7 heteroatoms. The minimum Gasteiger partial charge on any atom is -0.487 e. The molecule has 1 N–H and O–H groups in total. The third kappa shape index (κ3) is 5.35. The van der Waals surface area contributed by atoms with Crippen LogP contribution < -0.4 is 14.8 Å². The molecule has 150 valence electrons. The van der Waals surface area contributed by atoms with Crippen molar-refractivity contribution in [2.24, 2.45) is 0 Å². The van der Waals surface area contributed by atoms with Crippen LogP contribution in [0.25, 0.3) is 10.9 Å². The zero-order valence-corrected chi connectivity index (χ0v) is 16.5. The van der Waals surface area contributed by atoms with E-state index in [1.807, 2.05) is 36.4 Å². The van der Waals surface area contributed by atoms with Gasteiger partial charge in [0.2, 0.25) is 0 Å². The van der Waals surface area contributed by atoms with Gasteiger partial charge < -0.3 is 24.3 Å². The Hall–Kier alpha value is -3.34. The third-order valence-corrected chi connectivity index (χ3v) is 4.08. The van der Waals surface area contributed by atoms with Gasteiger partial charge >= 0.3 is 0 Å². The highest BCUT2D eigenvalue weighted by atomic mass is 16.5. The highest BCUT2D eigenvalue weighted by molar-refractivity contribution is 5.93. The molecule has 0 fully saturated rings. The summed E-state index contributed by atoms with van der Waals surface area (Å²) in [5.41, 5.74) is 2.34. The van der Waals surface area contributed by atoms with Crippen molar-refractivity contribution >= 4 is 22.4 Å². The molecule has 0 saturated heterocycles. The van der Waals surface area contributed by atoms with Crippen molar-refractivity contribution < 1.29 is 18.9 Å². The maximum atomic E-state index is 5.86. The van der Waals surface area contributed by atoms with Crippen LogP contribution in [0, 0.1) is 12.3 Å². The quantitative estimate of drug-likeness (QED) is 0.419. The van der Waals surface area contributed by atoms with Gasteiger partial charge in [-0.3, -0.25) is 0 Å². The van der Waals surface area contributed by atoms with Crippen LogP contribution in [0.3, 0.4) is 0 Å². The molecule has 0 aliphatic carbocycles. The zero-order valence-electron chi connectivity index (χ0n) is 16.5. The van der Waals surface area contributed by atoms with Crippen LogP contribution in [0.15, 0.2) is 42.7 Å². The molecule has 1 aromatic heterocycles. The van der Waals surface area contributed by atoms with Gasteiger partial charge in [0.25, 0.3) is 0 Å². The van der Waals surface area contributed by atoms with E-state index in [0.29, 0.717) is 43.7 Å². The topological polar surface area (TPSA) is 74.7 Å². The van der Waals surface area contributed by atoms with E-state index in [1.54, 1.807) is 14.2 Å². The Morgan fingerprint density at radius 1 is 0.931 bits per heavy atom. The second-order valence-corrected chi connectivity index (χ2v) is 6.07. The summed E-state index contributed by atoms with van der Waals surface area (Å²) in [5.74, 6) is 4.44. The van der Waals surface area contributed by atoms with Crippen LogP contribution in [-0.4, -0.2) is 50.6 Å². The SMILES string of the molecule is C#Cc1cccc(Nc2ncnc3cc(OCCOC)c(OCCO[11CH3])cc23)c1. The molecular formula is C22H23N3O4. The molecule has 3 rings (SSSR count). The number of hydrogen-bond donors (Lipinski definition) is 1. The smallest absolute Gasteiger partial charge is 0.163 e. The van der Waals surface area contributed by atoms with Gasteiger partial charge in [-0.15, -0.1) is 6.42 Å². The Kier molecular flexibility index (Phi) is 7.22. The maximum Gasteiger partial charge on any atom is 0.163 e. The van der Waals surface area contributed by atoms with Gasteiger partial charge in [-0.05, 0) is 24.3 Å². The fourth-order valence-corrected chi connectivity index (χ4v) is 2.68. The van der Waals surface area contributed by atoms with Gasteiger partial charge in [-0.2, -0.15) is 0 Å². The molecule has 2 aromatic carbocycles. The molecule has 7 nitrogen and oxygen atoms in total. The first-order valence-electron chi connectivity index (χ1n) is 9.11. The number of fused-ring (bicyclic) bond motifs is 1. The molecule has 0 aliphatic rings. The fraction of sp³-hybridized carbons (Fsp3) is 0.273. The second kappa shape index (κ2) is 10.3. The number of terminal acetylenes is 1. The van der Waals surface area contributed by atoms with E-state index in [-0.39, 0.29) is 0 Å². The third-order valence-electron chi connectivity index (χ3n) is 4.08. The molecule has 1 heterocycles. The largest absolute Gasteiger partial charge is 0.487 e. The molecule has 0 saturated carbocycles. The lowest BCUT2D eigenvalue weighted by atomic mass is 10.2. The van der Waals surface area contributed by atoms with Gasteiger partial charge in [0.15, 0.2) is 11.5 Å². The Morgan fingerprint density at radius 2 is 1.66 bits per heavy atom. The standard InChI is InChI=1S/C22H23N3O4/c1-4-16-6-5-7-17(12-16)25-22-18-13-20(28-10-8-26-2)21(29-11-9-27-3)14-19(18)23-15-24-22/h1,5-7,12-15H,8-11H2,2-3H3,(H,23,24,25)/i2-1. The normalized spacial score (nSPS) is 10.5. The molecule has 3 aromatic rings. The van der Waals surface area contributed by atoms with Crippen LogP contribution in [0.4, 0.5) is 11.5 Å². The summed E-state index contributed by atoms with van der Waals surface area (Å²) in [4.78, 5) is 8.75. The van der Waals surface area contributed by atoms with Crippen molar-refractivity contribution in [1.29, 1.82) is 0 Å². The van der Waals surface area contributed by atoms with E-state index < -0.39 is 0 Å². The van der Waals surface area contributed by atoms with Crippen molar-refractivity contribution in [3.63, 3.8) is 0 Å². The first-order chi connectivity index (χ1) is 14.2. The number of rotatable bonds is 10. The maximum absolute atomic E-state index is 5.86. The van der Waals surface area contributed by atoms with Crippen LogP contribution in [0.1, 0.15) is 5.56 Å². The summed E-state index contributed by atoms with van der Waals surface area (Å²) < 4.78 is 21.8. The van der Waals surface area contributed by atoms with Gasteiger partial charge in [-0.25, -0.2) is 9.97 Å². The molecule has 0 atom stereocenters. The van der Waals surface area contributed by atoms with Gasteiger partial charge in [0, 0.05) is 36.9 Å². The predicted octanol–water partition coefficient (Wildman–Crippen LogP) is 3.41. The van der Waals surface area contributed by atoms with Gasteiger partial charge in [0.05, 0.1) is 18.7 Å². The van der Waals surface area contributed by atoms with Crippen LogP contribution >= 0.6 is 0 Å². The Morgan fingerprint density at radius 3 is 2.34 bits per heavy atom. The summed E-state index contributed by atoms with van der Waals surface area (Å²) in [6.07, 6.45) is 6.99. The summed E-state index contributed by atoms with van der Waals surface area (Å²) in [6.45, 7) is 1.73. The number of nitrogens with zero attached hydrogens (tertiary/aromatic N) is 2. The van der Waals surface area contributed by atoms with Crippen molar-refractivity contribution in [3.8, 4) is 23.8 Å². The predicted molar refractivity (Wildman–Crippen MR) is 112 cm³/mol. The minimum absolute atomic E-state index is 0.392. The number of nitrogens with one attached hydrogen (secondary N) is 1. The summed E-state index contributed by atoms with van der Waals surface area (Å²) in [7, 11) is 3.25. The lowest BCUT2D eigenvalue weighted by Crippen LogP contribution is -2.09. The fourth-order valence-electron chi connectivity index (χ4n) is 2.68. The van der Waals surface area contributed by atoms with E-state index in [0.717, 1.165) is 22.2 Å². The molecule has 0 unspecified atom stereocenters. The highest BCUT2D eigenvalue weighted by Gasteiger charge is 2.13. The summed E-state index contributed by atoms with van der Waals surface area (Å²) >= 11 is 0. The van der Waals surface area contributed by atoms with E-state index >= 15 is 0 Å². The number of benzene rings is 2. The number of ether oxygens (including phenoxy) is 4. The van der Waals surface area contributed by atoms with E-state index in [4.69, 9.17) is 25.4 Å². The zero-order chi connectivity index (χ0) is 20.5. The minimum atomic E-state index is 0.392. The number of anilines is 2. The summed E-state index contributed by atoms with van der Waals surface area (Å²) in [6, 6.07) is 11.3. The lowest BCUT2D eigenvalue weighted by molar-refractivity contribution is 0.132. The van der Waals surface area contributed by atoms with Crippen LogP contribution in [-0.2, 0) is 9.47 Å². The van der Waals surface area contributed by atoms with Crippen LogP contribution in [0.5, 0.6) is 11.5 Å². The van der Waals surface area contributed by atoms with Gasteiger partial charge in [-0.1, -0.05) is 12.0 Å². The van der Waals surface area contributed by atoms with E-state index in [1.165, 1.54) is 6.33 Å². The Bertz CT molecular complexity index is 1000. The van der Waals surface area contributed by atoms with Gasteiger partial charge in [0.1, 0.15) is 25.4 Å². The monoisotopic (exact) mass is 392 g/mol. The van der Waals surface area contributed by atoms with Crippen molar-refractivity contribution in [3.05, 3.63) is 48.3 Å². The lowest BCUT2D eigenvalue weighted by Gasteiger charge is -2.15.